The Bertz CT molecular complexity index is 795. The van der Waals surface area contributed by atoms with E-state index < -0.39 is 36.4 Å². The summed E-state index contributed by atoms with van der Waals surface area (Å²) in [5.74, 6) is -0.644. The average Bonchev–Trinajstić information content (AvgIpc) is 3.22. The molecule has 8 heteroatoms. The van der Waals surface area contributed by atoms with Gasteiger partial charge in [-0.15, -0.1) is 0 Å². The van der Waals surface area contributed by atoms with Crippen LogP contribution in [-0.4, -0.2) is 45.0 Å². The first kappa shape index (κ1) is 15.5. The van der Waals surface area contributed by atoms with E-state index in [1.165, 1.54) is 12.1 Å². The van der Waals surface area contributed by atoms with Gasteiger partial charge in [-0.1, -0.05) is 18.2 Å². The van der Waals surface area contributed by atoms with Crippen molar-refractivity contribution >= 4 is 25.6 Å². The van der Waals surface area contributed by atoms with Gasteiger partial charge in [-0.3, -0.25) is 4.79 Å². The molecule has 2 aliphatic rings. The summed E-state index contributed by atoms with van der Waals surface area (Å²) >= 11 is 0. The molecule has 1 aliphatic heterocycles. The molecule has 1 saturated carbocycles. The van der Waals surface area contributed by atoms with E-state index in [-0.39, 0.29) is 29.2 Å². The van der Waals surface area contributed by atoms with Gasteiger partial charge in [0.05, 0.1) is 16.4 Å². The normalized spacial score (nSPS) is 25.5. The smallest absolute Gasteiger partial charge is 0.242 e. The Morgan fingerprint density at radius 3 is 2.32 bits per heavy atom. The number of benzene rings is 1. The van der Waals surface area contributed by atoms with Crippen LogP contribution >= 0.6 is 0 Å². The molecule has 0 unspecified atom stereocenters. The largest absolute Gasteiger partial charge is 0.351 e. The third-order valence-corrected chi connectivity index (χ3v) is 8.54. The molecule has 120 valence electrons. The lowest BCUT2D eigenvalue weighted by molar-refractivity contribution is -0.121. The molecule has 1 heterocycles. The minimum absolute atomic E-state index is 0.0381. The fourth-order valence-electron chi connectivity index (χ4n) is 2.78. The van der Waals surface area contributed by atoms with Gasteiger partial charge in [0, 0.05) is 6.04 Å². The number of carbonyl (C=O) groups is 1. The minimum atomic E-state index is -3.76. The summed E-state index contributed by atoms with van der Waals surface area (Å²) < 4.78 is 46.8. The molecule has 22 heavy (non-hydrogen) atoms. The molecule has 1 amide bonds. The van der Waals surface area contributed by atoms with E-state index in [1.54, 1.807) is 18.2 Å². The number of sulfone groups is 2. The van der Waals surface area contributed by atoms with Crippen molar-refractivity contribution in [1.29, 1.82) is 0 Å². The monoisotopic (exact) mass is 343 g/mol. The molecular weight excluding hydrogens is 326 g/mol. The van der Waals surface area contributed by atoms with E-state index in [9.17, 15) is 21.6 Å². The van der Waals surface area contributed by atoms with E-state index in [0.717, 1.165) is 0 Å². The lowest BCUT2D eigenvalue weighted by atomic mass is 10.2. The topological polar surface area (TPSA) is 97.4 Å². The maximum Gasteiger partial charge on any atom is 0.242 e. The van der Waals surface area contributed by atoms with Crippen molar-refractivity contribution in [2.75, 3.05) is 11.5 Å². The molecule has 0 bridgehead atoms. The van der Waals surface area contributed by atoms with Gasteiger partial charge in [-0.05, 0) is 31.4 Å². The molecule has 2 fully saturated rings. The molecule has 0 spiro atoms. The minimum Gasteiger partial charge on any atom is -0.351 e. The van der Waals surface area contributed by atoms with Gasteiger partial charge in [0.2, 0.25) is 5.91 Å². The Labute approximate surface area is 129 Å². The standard InChI is InChI=1S/C14H17NO5S2/c16-13(15-11-6-9-21(17,18)10-11)14(7-8-14)22(19,20)12-4-2-1-3-5-12/h1-5,11H,6-10H2,(H,15,16)/t11-/m1/s1. The Morgan fingerprint density at radius 2 is 1.82 bits per heavy atom. The number of hydrogen-bond acceptors (Lipinski definition) is 5. The molecule has 1 saturated heterocycles. The van der Waals surface area contributed by atoms with E-state index in [2.05, 4.69) is 5.32 Å². The molecule has 1 N–H and O–H groups in total. The Hall–Kier alpha value is -1.41. The first-order valence-electron chi connectivity index (χ1n) is 7.08. The zero-order valence-corrected chi connectivity index (χ0v) is 13.5. The van der Waals surface area contributed by atoms with Crippen LogP contribution in [0.15, 0.2) is 35.2 Å². The van der Waals surface area contributed by atoms with Gasteiger partial charge >= 0.3 is 0 Å². The highest BCUT2D eigenvalue weighted by Gasteiger charge is 2.61. The van der Waals surface area contributed by atoms with Gasteiger partial charge in [-0.2, -0.15) is 0 Å². The van der Waals surface area contributed by atoms with Crippen LogP contribution in [0.25, 0.3) is 0 Å². The summed E-state index contributed by atoms with van der Waals surface area (Å²) in [6, 6.07) is 7.41. The maximum atomic E-state index is 12.7. The van der Waals surface area contributed by atoms with Crippen molar-refractivity contribution in [3.63, 3.8) is 0 Å². The Kier molecular flexibility index (Phi) is 3.56. The van der Waals surface area contributed by atoms with Crippen molar-refractivity contribution in [2.45, 2.75) is 34.9 Å². The molecule has 0 aromatic heterocycles. The predicted octanol–water partition coefficient (Wildman–Crippen LogP) is 0.296. The fraction of sp³-hybridized carbons (Fsp3) is 0.500. The molecule has 1 aromatic carbocycles. The van der Waals surface area contributed by atoms with Gasteiger partial charge < -0.3 is 5.32 Å². The zero-order chi connectivity index (χ0) is 16.0. The summed E-state index contributed by atoms with van der Waals surface area (Å²) in [7, 11) is -6.88. The van der Waals surface area contributed by atoms with Crippen molar-refractivity contribution < 1.29 is 21.6 Å². The lowest BCUT2D eigenvalue weighted by Gasteiger charge is -2.19. The van der Waals surface area contributed by atoms with E-state index in [4.69, 9.17) is 0 Å². The van der Waals surface area contributed by atoms with Gasteiger partial charge in [0.1, 0.15) is 0 Å². The van der Waals surface area contributed by atoms with Crippen LogP contribution in [0.2, 0.25) is 0 Å². The van der Waals surface area contributed by atoms with Crippen molar-refractivity contribution in [3.8, 4) is 0 Å². The highest BCUT2D eigenvalue weighted by atomic mass is 32.2. The molecule has 1 aliphatic carbocycles. The molecule has 0 radical (unpaired) electrons. The number of nitrogens with one attached hydrogen (secondary N) is 1. The van der Waals surface area contributed by atoms with Gasteiger partial charge in [-0.25, -0.2) is 16.8 Å². The van der Waals surface area contributed by atoms with Crippen molar-refractivity contribution in [3.05, 3.63) is 30.3 Å². The van der Waals surface area contributed by atoms with Gasteiger partial charge in [0.25, 0.3) is 0 Å². The van der Waals surface area contributed by atoms with E-state index >= 15 is 0 Å². The van der Waals surface area contributed by atoms with E-state index in [0.29, 0.717) is 6.42 Å². The second kappa shape index (κ2) is 5.06. The van der Waals surface area contributed by atoms with Crippen molar-refractivity contribution in [2.24, 2.45) is 0 Å². The summed E-state index contributed by atoms with van der Waals surface area (Å²) in [4.78, 5) is 12.6. The van der Waals surface area contributed by atoms with Crippen LogP contribution in [0.4, 0.5) is 0 Å². The average molecular weight is 343 g/mol. The number of amides is 1. The Balaban J connectivity index is 1.81. The molecular formula is C14H17NO5S2. The van der Waals surface area contributed by atoms with E-state index in [1.807, 2.05) is 0 Å². The second-order valence-electron chi connectivity index (χ2n) is 5.88. The van der Waals surface area contributed by atoms with Crippen LogP contribution in [-0.2, 0) is 24.5 Å². The SMILES string of the molecule is O=C(N[C@@H]1CCS(=O)(=O)C1)C1(S(=O)(=O)c2ccccc2)CC1. The maximum absolute atomic E-state index is 12.7. The highest BCUT2D eigenvalue weighted by molar-refractivity contribution is 7.94. The van der Waals surface area contributed by atoms with Crippen molar-refractivity contribution in [1.82, 2.24) is 5.32 Å². The van der Waals surface area contributed by atoms with Crippen LogP contribution in [0.5, 0.6) is 0 Å². The summed E-state index contributed by atoms with van der Waals surface area (Å²) in [6.07, 6.45) is 0.889. The molecule has 3 rings (SSSR count). The van der Waals surface area contributed by atoms with Crippen LogP contribution in [0.1, 0.15) is 19.3 Å². The Morgan fingerprint density at radius 1 is 1.18 bits per heavy atom. The first-order chi connectivity index (χ1) is 10.3. The first-order valence-corrected chi connectivity index (χ1v) is 10.4. The third-order valence-electron chi connectivity index (χ3n) is 4.25. The zero-order valence-electron chi connectivity index (χ0n) is 11.9. The predicted molar refractivity (Wildman–Crippen MR) is 80.8 cm³/mol. The number of rotatable bonds is 4. The van der Waals surface area contributed by atoms with Crippen LogP contribution in [0.3, 0.4) is 0 Å². The highest BCUT2D eigenvalue weighted by Crippen LogP contribution is 2.47. The summed E-state index contributed by atoms with van der Waals surface area (Å²) in [5, 5.41) is 2.62. The molecule has 6 nitrogen and oxygen atoms in total. The fourth-order valence-corrected chi connectivity index (χ4v) is 6.36. The molecule has 1 aromatic rings. The summed E-state index contributed by atoms with van der Waals surface area (Å²) in [6.45, 7) is 0. The second-order valence-corrected chi connectivity index (χ2v) is 10.4. The van der Waals surface area contributed by atoms with Crippen LogP contribution in [0, 0.1) is 0 Å². The quantitative estimate of drug-likeness (QED) is 0.848. The number of carbonyl (C=O) groups excluding carboxylic acids is 1. The lowest BCUT2D eigenvalue weighted by Crippen LogP contribution is -2.46. The summed E-state index contributed by atoms with van der Waals surface area (Å²) in [5.41, 5.74) is 0. The van der Waals surface area contributed by atoms with Crippen LogP contribution < -0.4 is 5.32 Å². The third kappa shape index (κ3) is 2.54. The van der Waals surface area contributed by atoms with Gasteiger partial charge in [0.15, 0.2) is 24.4 Å². The number of hydrogen-bond donors (Lipinski definition) is 1. The molecule has 1 atom stereocenters.